The van der Waals surface area contributed by atoms with Crippen molar-refractivity contribution in [2.24, 2.45) is 0 Å². The maximum atomic E-state index is 12.7. The van der Waals surface area contributed by atoms with Crippen LogP contribution in [0.4, 0.5) is 0 Å². The van der Waals surface area contributed by atoms with E-state index in [1.165, 1.54) is 6.07 Å². The van der Waals surface area contributed by atoms with Gasteiger partial charge in [-0.25, -0.2) is 13.1 Å². The maximum absolute atomic E-state index is 12.7. The van der Waals surface area contributed by atoms with Crippen LogP contribution in [0.1, 0.15) is 35.4 Å². The molecule has 0 aliphatic heterocycles. The third-order valence-corrected chi connectivity index (χ3v) is 6.20. The molecule has 6 heteroatoms. The van der Waals surface area contributed by atoms with E-state index in [4.69, 9.17) is 11.6 Å². The van der Waals surface area contributed by atoms with Gasteiger partial charge in [-0.1, -0.05) is 41.9 Å². The molecule has 1 N–H and O–H groups in total. The first-order valence-electron chi connectivity index (χ1n) is 7.80. The second-order valence-electron chi connectivity index (χ2n) is 5.99. The van der Waals surface area contributed by atoms with Crippen LogP contribution in [0.3, 0.4) is 0 Å². The summed E-state index contributed by atoms with van der Waals surface area (Å²) in [6.07, 6.45) is 2.27. The summed E-state index contributed by atoms with van der Waals surface area (Å²) in [5, 5.41) is 0.514. The third kappa shape index (κ3) is 3.19. The van der Waals surface area contributed by atoms with E-state index in [0.717, 1.165) is 24.0 Å². The van der Waals surface area contributed by atoms with Crippen molar-refractivity contribution in [1.29, 1.82) is 0 Å². The molecule has 0 radical (unpaired) electrons. The number of nitrogens with one attached hydrogen (secondary N) is 1. The number of halogens is 1. The molecular weight excluding hydrogens is 346 g/mol. The average Bonchev–Trinajstić information content (AvgIpc) is 2.54. The Balaban J connectivity index is 1.91. The number of carbonyl (C=O) groups excluding carboxylic acids is 1. The molecule has 1 aliphatic rings. The van der Waals surface area contributed by atoms with E-state index in [-0.39, 0.29) is 4.90 Å². The van der Waals surface area contributed by atoms with Gasteiger partial charge >= 0.3 is 0 Å². The van der Waals surface area contributed by atoms with Crippen molar-refractivity contribution >= 4 is 27.5 Å². The Morgan fingerprint density at radius 3 is 2.67 bits per heavy atom. The van der Waals surface area contributed by atoms with E-state index in [2.05, 4.69) is 4.72 Å². The van der Waals surface area contributed by atoms with Crippen molar-refractivity contribution in [2.45, 2.75) is 37.0 Å². The van der Waals surface area contributed by atoms with E-state index in [9.17, 15) is 13.2 Å². The molecule has 0 saturated heterocycles. The lowest BCUT2D eigenvalue weighted by Gasteiger charge is -2.25. The summed E-state index contributed by atoms with van der Waals surface area (Å²) < 4.78 is 27.3. The molecule has 0 heterocycles. The highest BCUT2D eigenvalue weighted by Crippen LogP contribution is 2.36. The first-order chi connectivity index (χ1) is 11.4. The molecule has 1 unspecified atom stereocenters. The normalized spacial score (nSPS) is 17.2. The molecule has 24 heavy (non-hydrogen) atoms. The molecule has 0 saturated carbocycles. The lowest BCUT2D eigenvalue weighted by atomic mass is 9.82. The van der Waals surface area contributed by atoms with Crippen molar-refractivity contribution in [1.82, 2.24) is 4.72 Å². The highest BCUT2D eigenvalue weighted by molar-refractivity contribution is 7.90. The Morgan fingerprint density at radius 2 is 1.92 bits per heavy atom. The summed E-state index contributed by atoms with van der Waals surface area (Å²) in [5.74, 6) is -1.06. The minimum Gasteiger partial charge on any atom is -0.273 e. The Hall–Kier alpha value is -1.85. The molecule has 0 spiro atoms. The maximum Gasteiger partial charge on any atom is 0.264 e. The van der Waals surface area contributed by atoms with E-state index in [0.29, 0.717) is 17.0 Å². The zero-order valence-electron chi connectivity index (χ0n) is 13.3. The standard InChI is InChI=1S/C18H18ClNO3S/c1-12-6-2-3-11-16(12)24(22,23)20-18(21)14-9-4-7-13-8-5-10-15(19)17(13)14/h2-3,5-6,8,10-11,14H,4,7,9H2,1H3,(H,20,21). The summed E-state index contributed by atoms with van der Waals surface area (Å²) in [6, 6.07) is 12.1. The van der Waals surface area contributed by atoms with Gasteiger partial charge in [0.25, 0.3) is 10.0 Å². The fourth-order valence-corrected chi connectivity index (χ4v) is 4.80. The van der Waals surface area contributed by atoms with Crippen LogP contribution in [0.2, 0.25) is 5.02 Å². The van der Waals surface area contributed by atoms with Gasteiger partial charge in [0.15, 0.2) is 0 Å². The number of rotatable bonds is 3. The topological polar surface area (TPSA) is 63.2 Å². The van der Waals surface area contributed by atoms with Crippen LogP contribution < -0.4 is 4.72 Å². The number of aryl methyl sites for hydroxylation is 2. The monoisotopic (exact) mass is 363 g/mol. The number of sulfonamides is 1. The molecule has 4 nitrogen and oxygen atoms in total. The summed E-state index contributed by atoms with van der Waals surface area (Å²) in [5.41, 5.74) is 2.37. The first-order valence-corrected chi connectivity index (χ1v) is 9.66. The van der Waals surface area contributed by atoms with E-state index in [1.54, 1.807) is 31.2 Å². The first kappa shape index (κ1) is 17.0. The van der Waals surface area contributed by atoms with Crippen LogP contribution in [0.25, 0.3) is 0 Å². The van der Waals surface area contributed by atoms with E-state index < -0.39 is 21.8 Å². The van der Waals surface area contributed by atoms with Gasteiger partial charge in [-0.3, -0.25) is 4.79 Å². The van der Waals surface area contributed by atoms with Gasteiger partial charge in [-0.15, -0.1) is 0 Å². The zero-order valence-corrected chi connectivity index (χ0v) is 14.8. The minimum absolute atomic E-state index is 0.119. The van der Waals surface area contributed by atoms with Gasteiger partial charge in [0, 0.05) is 5.02 Å². The van der Waals surface area contributed by atoms with Gasteiger partial charge < -0.3 is 0 Å². The Kier molecular flexibility index (Phi) is 4.65. The fraction of sp³-hybridized carbons (Fsp3) is 0.278. The molecule has 0 fully saturated rings. The number of hydrogen-bond donors (Lipinski definition) is 1. The summed E-state index contributed by atoms with van der Waals surface area (Å²) in [6.45, 7) is 1.70. The summed E-state index contributed by atoms with van der Waals surface area (Å²) in [7, 11) is -3.90. The van der Waals surface area contributed by atoms with Crippen LogP contribution in [0.15, 0.2) is 47.4 Å². The van der Waals surface area contributed by atoms with Gasteiger partial charge in [-0.05, 0) is 55.0 Å². The zero-order chi connectivity index (χ0) is 17.3. The van der Waals surface area contributed by atoms with Crippen molar-refractivity contribution in [3.63, 3.8) is 0 Å². The Labute approximate surface area is 146 Å². The van der Waals surface area contributed by atoms with Crippen LogP contribution >= 0.6 is 11.6 Å². The summed E-state index contributed by atoms with van der Waals surface area (Å²) >= 11 is 6.27. The molecule has 3 rings (SSSR count). The summed E-state index contributed by atoms with van der Waals surface area (Å²) in [4.78, 5) is 12.8. The highest BCUT2D eigenvalue weighted by Gasteiger charge is 2.31. The fourth-order valence-electron chi connectivity index (χ4n) is 3.21. The molecule has 1 aliphatic carbocycles. The molecule has 126 valence electrons. The van der Waals surface area contributed by atoms with Crippen LogP contribution in [-0.4, -0.2) is 14.3 Å². The lowest BCUT2D eigenvalue weighted by molar-refractivity contribution is -0.121. The lowest BCUT2D eigenvalue weighted by Crippen LogP contribution is -2.36. The highest BCUT2D eigenvalue weighted by atomic mass is 35.5. The largest absolute Gasteiger partial charge is 0.273 e. The van der Waals surface area contributed by atoms with Crippen LogP contribution in [-0.2, 0) is 21.2 Å². The molecule has 0 bridgehead atoms. The Bertz CT molecular complexity index is 893. The quantitative estimate of drug-likeness (QED) is 0.906. The minimum atomic E-state index is -3.90. The number of hydrogen-bond acceptors (Lipinski definition) is 3. The van der Waals surface area contributed by atoms with Gasteiger partial charge in [0.2, 0.25) is 5.91 Å². The number of benzene rings is 2. The number of fused-ring (bicyclic) bond motifs is 1. The predicted molar refractivity (Wildman–Crippen MR) is 93.6 cm³/mol. The van der Waals surface area contributed by atoms with Crippen molar-refractivity contribution in [3.8, 4) is 0 Å². The predicted octanol–water partition coefficient (Wildman–Crippen LogP) is 3.57. The van der Waals surface area contributed by atoms with Crippen molar-refractivity contribution < 1.29 is 13.2 Å². The third-order valence-electron chi connectivity index (χ3n) is 4.37. The van der Waals surface area contributed by atoms with Gasteiger partial charge in [0.05, 0.1) is 10.8 Å². The van der Waals surface area contributed by atoms with E-state index in [1.807, 2.05) is 12.1 Å². The molecule has 1 atom stereocenters. The van der Waals surface area contributed by atoms with Crippen molar-refractivity contribution in [3.05, 3.63) is 64.2 Å². The molecule has 0 aromatic heterocycles. The molecule has 2 aromatic rings. The number of carbonyl (C=O) groups is 1. The van der Waals surface area contributed by atoms with Gasteiger partial charge in [0.1, 0.15) is 0 Å². The van der Waals surface area contributed by atoms with Gasteiger partial charge in [-0.2, -0.15) is 0 Å². The van der Waals surface area contributed by atoms with Crippen molar-refractivity contribution in [2.75, 3.05) is 0 Å². The van der Waals surface area contributed by atoms with Crippen LogP contribution in [0.5, 0.6) is 0 Å². The smallest absolute Gasteiger partial charge is 0.264 e. The second kappa shape index (κ2) is 6.57. The SMILES string of the molecule is Cc1ccccc1S(=O)(=O)NC(=O)C1CCCc2cccc(Cl)c21. The number of amides is 1. The van der Waals surface area contributed by atoms with E-state index >= 15 is 0 Å². The molecule has 2 aromatic carbocycles. The molecule has 1 amide bonds. The average molecular weight is 364 g/mol. The second-order valence-corrected chi connectivity index (χ2v) is 8.05. The molecular formula is C18H18ClNO3S. The Morgan fingerprint density at radius 1 is 1.17 bits per heavy atom. The van der Waals surface area contributed by atoms with Crippen LogP contribution in [0, 0.1) is 6.92 Å².